The Kier molecular flexibility index (Phi) is 8330. The van der Waals surface area contributed by atoms with Gasteiger partial charge in [0.15, 0.2) is 0 Å². The number of hydrogen-bond acceptors (Lipinski definition) is 0. The Hall–Kier alpha value is 40.6. The van der Waals surface area contributed by atoms with E-state index in [4.69, 9.17) is 0 Å². The molecule has 0 aliphatic rings. The van der Waals surface area contributed by atoms with E-state index in [2.05, 4.69) is 0 Å². The van der Waals surface area contributed by atoms with Gasteiger partial charge in [0.05, 0.1) is 0 Å². The van der Waals surface area contributed by atoms with Crippen LogP contribution in [0.25, 0.3) is 0 Å². The minimum Gasteiger partial charge on any atom is -1.00 e. The molecule has 0 nitrogen and oxygen atoms in total. The molecule has 0 fully saturated rings. The normalized spacial score (nSPS) is 0. The summed E-state index contributed by atoms with van der Waals surface area (Å²) in [6.45, 7) is 0. The van der Waals surface area contributed by atoms with Crippen molar-refractivity contribution >= 4 is 244 Å². The molecule has 0 bridgehead atoms. The van der Waals surface area contributed by atoms with Gasteiger partial charge in [-0.2, -0.15) is 0 Å². The van der Waals surface area contributed by atoms with Gasteiger partial charge < -0.3 is 14.3 Å². The largest absolute Gasteiger partial charge is 2.00 e. The minimum absolute atomic E-state index is 0. The van der Waals surface area contributed by atoms with Gasteiger partial charge in [0.2, 0.25) is 0 Å². The molecular formula is H10Ba5Cu63. The van der Waals surface area contributed by atoms with Crippen LogP contribution in [-0.4, -0.2) is 244 Å². The molecule has 0 aromatic rings. The first kappa shape index (κ1) is 763. The molecule has 0 aromatic carbocycles. The Morgan fingerprint density at radius 2 is 0.0441 bits per heavy atom. The van der Waals surface area contributed by atoms with E-state index in [-0.39, 0.29) is 1330 Å². The summed E-state index contributed by atoms with van der Waals surface area (Å²) in [5.74, 6) is 0. The molecule has 63 radical (unpaired) electrons. The molecule has 0 N–H and O–H groups in total. The zero-order valence-corrected chi connectivity index (χ0v) is 104. The van der Waals surface area contributed by atoms with Crippen LogP contribution in [0, 0.1) is 0 Å². The molecule has 0 amide bonds. The van der Waals surface area contributed by atoms with E-state index in [1.165, 1.54) is 0 Å². The van der Waals surface area contributed by atoms with Crippen LogP contribution in [0.15, 0.2) is 0 Å². The van der Waals surface area contributed by atoms with Crippen LogP contribution in [-0.2, 0) is 1080 Å². The van der Waals surface area contributed by atoms with E-state index in [9.17, 15) is 0 Å². The smallest absolute Gasteiger partial charge is 1.00 e. The summed E-state index contributed by atoms with van der Waals surface area (Å²) in [6.07, 6.45) is 0. The quantitative estimate of drug-likeness (QED) is 0.276. The molecule has 0 aromatic heterocycles. The Morgan fingerprint density at radius 3 is 0.0441 bits per heavy atom. The van der Waals surface area contributed by atoms with E-state index >= 15 is 0 Å². The molecular weight excluding hydrogens is 4690 g/mol. The molecule has 0 rings (SSSR count). The van der Waals surface area contributed by atoms with E-state index in [0.29, 0.717) is 0 Å². The summed E-state index contributed by atoms with van der Waals surface area (Å²) in [4.78, 5) is 0. The topological polar surface area (TPSA) is 0 Å². The molecule has 0 saturated carbocycles. The summed E-state index contributed by atoms with van der Waals surface area (Å²) in [7, 11) is 0. The number of hydrogen-bond donors (Lipinski definition) is 0. The third kappa shape index (κ3) is 721. The van der Waals surface area contributed by atoms with Gasteiger partial charge in [-0.15, -0.1) is 0 Å². The van der Waals surface area contributed by atoms with Crippen molar-refractivity contribution in [3.8, 4) is 0 Å². The van der Waals surface area contributed by atoms with Crippen molar-refractivity contribution in [2.75, 3.05) is 0 Å². The van der Waals surface area contributed by atoms with Crippen LogP contribution in [0.5, 0.6) is 0 Å². The molecule has 713 valence electrons. The van der Waals surface area contributed by atoms with E-state index in [0.717, 1.165) is 0 Å². The molecule has 0 aliphatic carbocycles. The van der Waals surface area contributed by atoms with Crippen molar-refractivity contribution in [3.05, 3.63) is 0 Å². The summed E-state index contributed by atoms with van der Waals surface area (Å²) in [5, 5.41) is 0. The van der Waals surface area contributed by atoms with Crippen molar-refractivity contribution < 1.29 is 1090 Å². The number of rotatable bonds is 0. The first-order valence-electron chi connectivity index (χ1n) is 0. The summed E-state index contributed by atoms with van der Waals surface area (Å²) in [5.41, 5.74) is 0. The van der Waals surface area contributed by atoms with Crippen LogP contribution in [0.2, 0.25) is 0 Å². The fraction of sp³-hybridized carbons (Fsp3) is 0. The second-order valence-corrected chi connectivity index (χ2v) is 0. The maximum Gasteiger partial charge on any atom is 2.00 e. The van der Waals surface area contributed by atoms with Gasteiger partial charge in [0, 0.05) is 1080 Å². The molecule has 0 heterocycles. The molecule has 0 unspecified atom stereocenters. The maximum atomic E-state index is 0. The van der Waals surface area contributed by atoms with Crippen molar-refractivity contribution in [2.24, 2.45) is 0 Å². The Morgan fingerprint density at radius 1 is 0.0441 bits per heavy atom. The van der Waals surface area contributed by atoms with Gasteiger partial charge in [-0.25, -0.2) is 0 Å². The first-order valence-corrected chi connectivity index (χ1v) is 0. The minimum atomic E-state index is 0. The van der Waals surface area contributed by atoms with Crippen LogP contribution in [0.4, 0.5) is 0 Å². The predicted molar refractivity (Wildman–Crippen MR) is 39.9 cm³/mol. The summed E-state index contributed by atoms with van der Waals surface area (Å²) < 4.78 is 0. The maximum absolute atomic E-state index is 0. The van der Waals surface area contributed by atoms with E-state index < -0.39 is 0 Å². The second kappa shape index (κ2) is 742. The monoisotopic (exact) mass is 4660 g/mol. The Balaban J connectivity index is 0. The Labute approximate surface area is 1290 Å². The molecule has 68 heavy (non-hydrogen) atoms. The van der Waals surface area contributed by atoms with Crippen LogP contribution in [0.1, 0.15) is 14.3 Å². The SMILES string of the molecule is [Ba+2].[Ba+2].[Ba+2].[Ba+2].[Ba+2].[Cu].[Cu].[Cu].[Cu].[Cu].[Cu].[Cu].[Cu].[Cu].[Cu].[Cu].[Cu].[Cu].[Cu].[Cu].[Cu].[Cu].[Cu].[Cu].[Cu].[Cu].[Cu].[Cu].[Cu].[Cu].[Cu].[Cu].[Cu].[Cu].[Cu].[Cu].[Cu].[Cu].[Cu].[Cu].[Cu].[Cu].[Cu].[Cu].[Cu].[Cu].[Cu].[Cu].[Cu].[Cu].[Cu].[Cu].[Cu].[Cu].[Cu].[Cu].[Cu].[Cu].[Cu].[Cu].[Cu].[Cu].[Cu].[Cu].[Cu].[Cu].[Cu].[Cu].[H-].[H-].[H-].[H-].[H-].[H-].[H-].[H-].[H-].[H-]. The van der Waals surface area contributed by atoms with Crippen LogP contribution in [0.3, 0.4) is 0 Å². The first-order chi connectivity index (χ1) is 0. The summed E-state index contributed by atoms with van der Waals surface area (Å²) >= 11 is 0. The molecule has 68 heteroatoms. The molecule has 0 atom stereocenters. The van der Waals surface area contributed by atoms with E-state index in [1.807, 2.05) is 0 Å². The van der Waals surface area contributed by atoms with Crippen molar-refractivity contribution in [3.63, 3.8) is 0 Å². The van der Waals surface area contributed by atoms with Crippen LogP contribution >= 0.6 is 0 Å². The van der Waals surface area contributed by atoms with Crippen molar-refractivity contribution in [1.29, 1.82) is 0 Å². The average Bonchev–Trinajstić information content (AvgIpc) is 0. The fourth-order valence-corrected chi connectivity index (χ4v) is 0. The summed E-state index contributed by atoms with van der Waals surface area (Å²) in [6, 6.07) is 0. The van der Waals surface area contributed by atoms with Gasteiger partial charge in [-0.05, 0) is 0 Å². The molecule has 0 spiro atoms. The van der Waals surface area contributed by atoms with Crippen molar-refractivity contribution in [2.45, 2.75) is 0 Å². The second-order valence-electron chi connectivity index (χ2n) is 0. The predicted octanol–water partition coefficient (Wildman–Crippen LogP) is -0.936. The third-order valence-corrected chi connectivity index (χ3v) is 0. The zero-order valence-electron chi connectivity index (χ0n) is 32.5. The van der Waals surface area contributed by atoms with Gasteiger partial charge >= 0.3 is 244 Å². The van der Waals surface area contributed by atoms with E-state index in [1.54, 1.807) is 0 Å². The molecule has 0 aliphatic heterocycles. The molecule has 0 saturated heterocycles. The standard InChI is InChI=1S/5Ba.63Cu.10H/q5*+2;;;;;;;;;;;;;;;;;;;;;;;;;;;;;;;;;;;;;;;;;;;;;;;;;;;;;;;;;;;;;;;;10*-1. The average molecular weight is 4700 g/mol. The van der Waals surface area contributed by atoms with Gasteiger partial charge in [-0.3, -0.25) is 0 Å². The Bertz CT molecular complexity index is 68.9. The van der Waals surface area contributed by atoms with Crippen LogP contribution < -0.4 is 0 Å². The van der Waals surface area contributed by atoms with Gasteiger partial charge in [0.1, 0.15) is 0 Å². The third-order valence-electron chi connectivity index (χ3n) is 0. The fourth-order valence-electron chi connectivity index (χ4n) is 0. The zero-order chi connectivity index (χ0) is 0. The van der Waals surface area contributed by atoms with Crippen molar-refractivity contribution in [1.82, 2.24) is 0 Å². The van der Waals surface area contributed by atoms with Gasteiger partial charge in [-0.1, -0.05) is 0 Å². The van der Waals surface area contributed by atoms with Gasteiger partial charge in [0.25, 0.3) is 0 Å².